The van der Waals surface area contributed by atoms with Gasteiger partial charge >= 0.3 is 5.97 Å². The van der Waals surface area contributed by atoms with Crippen molar-refractivity contribution in [2.24, 2.45) is 5.11 Å². The van der Waals surface area contributed by atoms with Gasteiger partial charge < -0.3 is 14.9 Å². The van der Waals surface area contributed by atoms with Crippen LogP contribution in [0.2, 0.25) is 0 Å². The topological polar surface area (TPSA) is 116 Å². The lowest BCUT2D eigenvalue weighted by Crippen LogP contribution is -2.21. The summed E-state index contributed by atoms with van der Waals surface area (Å²) in [5, 5.41) is 22.7. The predicted octanol–water partition coefficient (Wildman–Crippen LogP) is 1.50. The van der Waals surface area contributed by atoms with E-state index in [9.17, 15) is 15.0 Å². The molecule has 0 bridgehead atoms. The van der Waals surface area contributed by atoms with Crippen LogP contribution in [0.25, 0.3) is 10.4 Å². The van der Waals surface area contributed by atoms with E-state index in [1.165, 1.54) is 0 Å². The summed E-state index contributed by atoms with van der Waals surface area (Å²) in [5.41, 5.74) is 9.39. The lowest BCUT2D eigenvalue weighted by Gasteiger charge is -2.16. The van der Waals surface area contributed by atoms with E-state index in [0.717, 1.165) is 5.56 Å². The van der Waals surface area contributed by atoms with Crippen LogP contribution in [-0.4, -0.2) is 35.4 Å². The number of aliphatic hydroxyl groups is 2. The normalized spacial score (nSPS) is 13.2. The SMILES string of the molecule is CCOC(=O)Cc1ccc(C(O)C(O)CN=[N+]=[N-])cc1. The fourth-order valence-electron chi connectivity index (χ4n) is 1.65. The van der Waals surface area contributed by atoms with Crippen molar-refractivity contribution < 1.29 is 19.7 Å². The lowest BCUT2D eigenvalue weighted by atomic mass is 10.0. The van der Waals surface area contributed by atoms with E-state index in [2.05, 4.69) is 10.0 Å². The number of carbonyl (C=O) groups excluding carboxylic acids is 1. The summed E-state index contributed by atoms with van der Waals surface area (Å²) in [6.45, 7) is 1.87. The summed E-state index contributed by atoms with van der Waals surface area (Å²) in [4.78, 5) is 13.8. The van der Waals surface area contributed by atoms with Gasteiger partial charge in [-0.25, -0.2) is 0 Å². The minimum absolute atomic E-state index is 0.158. The van der Waals surface area contributed by atoms with Gasteiger partial charge in [0.2, 0.25) is 0 Å². The Bertz CT molecular complexity index is 483. The molecule has 0 saturated heterocycles. The molecule has 20 heavy (non-hydrogen) atoms. The highest BCUT2D eigenvalue weighted by molar-refractivity contribution is 5.72. The molecular formula is C13H17N3O4. The van der Waals surface area contributed by atoms with Gasteiger partial charge in [-0.15, -0.1) is 0 Å². The maximum atomic E-state index is 11.3. The van der Waals surface area contributed by atoms with Gasteiger partial charge in [-0.3, -0.25) is 4.79 Å². The molecule has 0 radical (unpaired) electrons. The molecule has 0 aliphatic heterocycles. The number of carbonyl (C=O) groups is 1. The van der Waals surface area contributed by atoms with Crippen molar-refractivity contribution in [2.45, 2.75) is 25.6 Å². The second-order valence-corrected chi connectivity index (χ2v) is 4.15. The number of esters is 1. The van der Waals surface area contributed by atoms with Crippen LogP contribution in [-0.2, 0) is 16.0 Å². The number of hydrogen-bond acceptors (Lipinski definition) is 5. The first-order chi connectivity index (χ1) is 9.58. The molecule has 0 fully saturated rings. The number of aliphatic hydroxyl groups excluding tert-OH is 2. The van der Waals surface area contributed by atoms with Crippen LogP contribution in [0.1, 0.15) is 24.2 Å². The molecule has 0 aliphatic rings. The fourth-order valence-corrected chi connectivity index (χ4v) is 1.65. The number of rotatable bonds is 7. The van der Waals surface area contributed by atoms with Crippen LogP contribution < -0.4 is 0 Å². The Morgan fingerprint density at radius 3 is 2.60 bits per heavy atom. The minimum Gasteiger partial charge on any atom is -0.466 e. The Hall–Kier alpha value is -2.08. The third kappa shape index (κ3) is 4.89. The van der Waals surface area contributed by atoms with Crippen molar-refractivity contribution in [3.8, 4) is 0 Å². The highest BCUT2D eigenvalue weighted by Gasteiger charge is 2.17. The molecular weight excluding hydrogens is 262 g/mol. The van der Waals surface area contributed by atoms with E-state index >= 15 is 0 Å². The number of ether oxygens (including phenoxy) is 1. The molecule has 108 valence electrons. The quantitative estimate of drug-likeness (QED) is 0.340. The van der Waals surface area contributed by atoms with E-state index in [1.807, 2.05) is 0 Å². The predicted molar refractivity (Wildman–Crippen MR) is 71.8 cm³/mol. The van der Waals surface area contributed by atoms with Crippen molar-refractivity contribution >= 4 is 5.97 Å². The third-order valence-electron chi connectivity index (χ3n) is 2.67. The summed E-state index contributed by atoms with van der Waals surface area (Å²) in [6, 6.07) is 6.57. The summed E-state index contributed by atoms with van der Waals surface area (Å²) in [6.07, 6.45) is -2.15. The van der Waals surface area contributed by atoms with Gasteiger partial charge in [0.05, 0.1) is 25.7 Å². The van der Waals surface area contributed by atoms with Crippen LogP contribution >= 0.6 is 0 Å². The van der Waals surface area contributed by atoms with Crippen molar-refractivity contribution in [1.82, 2.24) is 0 Å². The highest BCUT2D eigenvalue weighted by atomic mass is 16.5. The Balaban J connectivity index is 2.65. The molecule has 1 aromatic carbocycles. The fraction of sp³-hybridized carbons (Fsp3) is 0.462. The monoisotopic (exact) mass is 279 g/mol. The first-order valence-electron chi connectivity index (χ1n) is 6.20. The van der Waals surface area contributed by atoms with Gasteiger partial charge in [0.1, 0.15) is 6.10 Å². The number of benzene rings is 1. The summed E-state index contributed by atoms with van der Waals surface area (Å²) in [7, 11) is 0. The molecule has 2 unspecified atom stereocenters. The lowest BCUT2D eigenvalue weighted by molar-refractivity contribution is -0.142. The van der Waals surface area contributed by atoms with Crippen LogP contribution in [0.4, 0.5) is 0 Å². The molecule has 0 aromatic heterocycles. The molecule has 0 heterocycles. The molecule has 0 amide bonds. The maximum Gasteiger partial charge on any atom is 0.310 e. The largest absolute Gasteiger partial charge is 0.466 e. The Morgan fingerprint density at radius 1 is 1.40 bits per heavy atom. The molecule has 2 N–H and O–H groups in total. The maximum absolute atomic E-state index is 11.3. The summed E-state index contributed by atoms with van der Waals surface area (Å²) < 4.78 is 4.83. The molecule has 1 rings (SSSR count). The van der Waals surface area contributed by atoms with E-state index in [1.54, 1.807) is 31.2 Å². The zero-order chi connectivity index (χ0) is 15.0. The Kier molecular flexibility index (Phi) is 6.52. The van der Waals surface area contributed by atoms with Crippen molar-refractivity contribution in [2.75, 3.05) is 13.2 Å². The molecule has 0 aliphatic carbocycles. The third-order valence-corrected chi connectivity index (χ3v) is 2.67. The van der Waals surface area contributed by atoms with E-state index in [0.29, 0.717) is 12.2 Å². The second kappa shape index (κ2) is 8.16. The first kappa shape index (κ1) is 16.0. The molecule has 2 atom stereocenters. The first-order valence-corrected chi connectivity index (χ1v) is 6.20. The van der Waals surface area contributed by atoms with Crippen LogP contribution in [0.15, 0.2) is 29.4 Å². The molecule has 0 spiro atoms. The van der Waals surface area contributed by atoms with Gasteiger partial charge in [-0.2, -0.15) is 0 Å². The average Bonchev–Trinajstić information content (AvgIpc) is 2.45. The van der Waals surface area contributed by atoms with Gasteiger partial charge in [0.25, 0.3) is 0 Å². The van der Waals surface area contributed by atoms with Gasteiger partial charge in [-0.05, 0) is 23.6 Å². The van der Waals surface area contributed by atoms with Crippen molar-refractivity contribution in [1.29, 1.82) is 0 Å². The highest BCUT2D eigenvalue weighted by Crippen LogP contribution is 2.18. The van der Waals surface area contributed by atoms with Crippen molar-refractivity contribution in [3.63, 3.8) is 0 Å². The standard InChI is InChI=1S/C13H17N3O4/c1-2-20-12(18)7-9-3-5-10(6-4-9)13(19)11(17)8-15-16-14/h3-6,11,13,17,19H,2,7-8H2,1H3. The summed E-state index contributed by atoms with van der Waals surface area (Å²) >= 11 is 0. The Labute approximate surface area is 116 Å². The smallest absolute Gasteiger partial charge is 0.310 e. The number of azide groups is 1. The van der Waals surface area contributed by atoms with E-state index < -0.39 is 12.2 Å². The van der Waals surface area contributed by atoms with Crippen LogP contribution in [0.3, 0.4) is 0 Å². The van der Waals surface area contributed by atoms with Gasteiger partial charge in [-0.1, -0.05) is 29.4 Å². The average molecular weight is 279 g/mol. The molecule has 7 nitrogen and oxygen atoms in total. The van der Waals surface area contributed by atoms with E-state index in [-0.39, 0.29) is 18.9 Å². The molecule has 0 saturated carbocycles. The Morgan fingerprint density at radius 2 is 2.05 bits per heavy atom. The summed E-state index contributed by atoms with van der Waals surface area (Å²) in [5.74, 6) is -0.316. The number of nitrogens with zero attached hydrogens (tertiary/aromatic N) is 3. The van der Waals surface area contributed by atoms with Crippen LogP contribution in [0.5, 0.6) is 0 Å². The minimum atomic E-state index is -1.16. The van der Waals surface area contributed by atoms with Gasteiger partial charge in [0, 0.05) is 4.91 Å². The number of hydrogen-bond donors (Lipinski definition) is 2. The molecule has 7 heteroatoms. The van der Waals surface area contributed by atoms with Crippen LogP contribution in [0, 0.1) is 0 Å². The van der Waals surface area contributed by atoms with Gasteiger partial charge in [0.15, 0.2) is 0 Å². The molecule has 1 aromatic rings. The zero-order valence-electron chi connectivity index (χ0n) is 11.1. The van der Waals surface area contributed by atoms with Crippen molar-refractivity contribution in [3.05, 3.63) is 45.8 Å². The van der Waals surface area contributed by atoms with E-state index in [4.69, 9.17) is 10.3 Å². The second-order valence-electron chi connectivity index (χ2n) is 4.15. The zero-order valence-corrected chi connectivity index (χ0v) is 11.1.